The molecule has 0 bridgehead atoms. The molecule has 1 atom stereocenters. The Labute approximate surface area is 84.9 Å². The SMILES string of the molecule is O=C(O)C1(Cc2csnn2)CCCO1. The van der Waals surface area contributed by atoms with Gasteiger partial charge in [-0.2, -0.15) is 0 Å². The molecule has 14 heavy (non-hydrogen) atoms. The van der Waals surface area contributed by atoms with E-state index in [0.717, 1.165) is 6.42 Å². The highest BCUT2D eigenvalue weighted by Gasteiger charge is 2.43. The van der Waals surface area contributed by atoms with Crippen molar-refractivity contribution in [2.45, 2.75) is 24.9 Å². The van der Waals surface area contributed by atoms with E-state index in [4.69, 9.17) is 9.84 Å². The van der Waals surface area contributed by atoms with Crippen LogP contribution >= 0.6 is 11.5 Å². The van der Waals surface area contributed by atoms with Crippen LogP contribution in [0.15, 0.2) is 5.38 Å². The molecule has 2 heterocycles. The Morgan fingerprint density at radius 2 is 2.64 bits per heavy atom. The van der Waals surface area contributed by atoms with Gasteiger partial charge in [0.25, 0.3) is 0 Å². The Hall–Kier alpha value is -1.01. The largest absolute Gasteiger partial charge is 0.479 e. The first-order valence-electron chi connectivity index (χ1n) is 4.36. The fourth-order valence-electron chi connectivity index (χ4n) is 1.63. The minimum Gasteiger partial charge on any atom is -0.479 e. The average molecular weight is 214 g/mol. The number of carboxylic acids is 1. The number of nitrogens with zero attached hydrogens (tertiary/aromatic N) is 2. The summed E-state index contributed by atoms with van der Waals surface area (Å²) in [5, 5.41) is 14.7. The van der Waals surface area contributed by atoms with E-state index in [-0.39, 0.29) is 0 Å². The van der Waals surface area contributed by atoms with Crippen LogP contribution in [0.1, 0.15) is 18.5 Å². The molecule has 0 spiro atoms. The number of hydrogen-bond acceptors (Lipinski definition) is 5. The summed E-state index contributed by atoms with van der Waals surface area (Å²) >= 11 is 1.22. The number of aliphatic carboxylic acids is 1. The predicted octanol–water partition coefficient (Wildman–Crippen LogP) is 0.714. The van der Waals surface area contributed by atoms with Gasteiger partial charge in [-0.15, -0.1) is 5.10 Å². The highest BCUT2D eigenvalue weighted by Crippen LogP contribution is 2.29. The van der Waals surface area contributed by atoms with E-state index < -0.39 is 11.6 Å². The third kappa shape index (κ3) is 1.62. The second kappa shape index (κ2) is 3.62. The van der Waals surface area contributed by atoms with Crippen LogP contribution in [0, 0.1) is 0 Å². The summed E-state index contributed by atoms with van der Waals surface area (Å²) < 4.78 is 9.01. The zero-order valence-electron chi connectivity index (χ0n) is 7.47. The monoisotopic (exact) mass is 214 g/mol. The van der Waals surface area contributed by atoms with Crippen LogP contribution in [0.2, 0.25) is 0 Å². The maximum absolute atomic E-state index is 11.1. The lowest BCUT2D eigenvalue weighted by molar-refractivity contribution is -0.160. The molecule has 1 unspecified atom stereocenters. The molecule has 0 aliphatic carbocycles. The molecule has 76 valence electrons. The van der Waals surface area contributed by atoms with Gasteiger partial charge in [-0.3, -0.25) is 0 Å². The van der Waals surface area contributed by atoms with Crippen molar-refractivity contribution in [3.05, 3.63) is 11.1 Å². The first-order chi connectivity index (χ1) is 6.73. The zero-order valence-corrected chi connectivity index (χ0v) is 8.29. The van der Waals surface area contributed by atoms with E-state index in [2.05, 4.69) is 9.59 Å². The van der Waals surface area contributed by atoms with E-state index in [1.807, 2.05) is 0 Å². The van der Waals surface area contributed by atoms with Crippen LogP contribution in [0.25, 0.3) is 0 Å². The average Bonchev–Trinajstić information content (AvgIpc) is 2.76. The Morgan fingerprint density at radius 1 is 1.79 bits per heavy atom. The molecular weight excluding hydrogens is 204 g/mol. The molecule has 0 radical (unpaired) electrons. The summed E-state index contributed by atoms with van der Waals surface area (Å²) in [6.45, 7) is 0.518. The summed E-state index contributed by atoms with van der Waals surface area (Å²) in [6, 6.07) is 0. The number of hydrogen-bond donors (Lipinski definition) is 1. The Kier molecular flexibility index (Phi) is 2.47. The van der Waals surface area contributed by atoms with Crippen molar-refractivity contribution in [3.8, 4) is 0 Å². The van der Waals surface area contributed by atoms with Crippen molar-refractivity contribution in [2.75, 3.05) is 6.61 Å². The minimum atomic E-state index is -1.06. The molecule has 6 heteroatoms. The van der Waals surface area contributed by atoms with Crippen molar-refractivity contribution >= 4 is 17.5 Å². The Morgan fingerprint density at radius 3 is 3.14 bits per heavy atom. The number of aromatic nitrogens is 2. The summed E-state index contributed by atoms with van der Waals surface area (Å²) in [7, 11) is 0. The molecule has 0 amide bonds. The van der Waals surface area contributed by atoms with Gasteiger partial charge in [0.1, 0.15) is 0 Å². The third-order valence-corrected chi connectivity index (χ3v) is 2.92. The number of ether oxygens (including phenoxy) is 1. The van der Waals surface area contributed by atoms with E-state index in [9.17, 15) is 4.79 Å². The van der Waals surface area contributed by atoms with Gasteiger partial charge in [-0.1, -0.05) is 4.49 Å². The minimum absolute atomic E-state index is 0.318. The third-order valence-electron chi connectivity index (χ3n) is 2.36. The first-order valence-corrected chi connectivity index (χ1v) is 5.20. The number of rotatable bonds is 3. The lowest BCUT2D eigenvalue weighted by atomic mass is 9.95. The van der Waals surface area contributed by atoms with Gasteiger partial charge in [0.05, 0.1) is 5.69 Å². The smallest absolute Gasteiger partial charge is 0.336 e. The lowest BCUT2D eigenvalue weighted by Gasteiger charge is -2.21. The zero-order chi connectivity index (χ0) is 10.0. The van der Waals surface area contributed by atoms with Crippen LogP contribution in [-0.2, 0) is 16.0 Å². The molecule has 1 aromatic heterocycles. The summed E-state index contributed by atoms with van der Waals surface area (Å²) in [6.07, 6.45) is 1.67. The summed E-state index contributed by atoms with van der Waals surface area (Å²) in [4.78, 5) is 11.1. The van der Waals surface area contributed by atoms with Gasteiger partial charge < -0.3 is 9.84 Å². The van der Waals surface area contributed by atoms with E-state index >= 15 is 0 Å². The standard InChI is InChI=1S/C8H10N2O3S/c11-7(12)8(2-1-3-13-8)4-6-5-14-10-9-6/h5H,1-4H2,(H,11,12). The van der Waals surface area contributed by atoms with Gasteiger partial charge in [0.2, 0.25) is 0 Å². The van der Waals surface area contributed by atoms with Crippen molar-refractivity contribution in [1.29, 1.82) is 0 Å². The van der Waals surface area contributed by atoms with Crippen molar-refractivity contribution in [3.63, 3.8) is 0 Å². The molecule has 5 nitrogen and oxygen atoms in total. The fraction of sp³-hybridized carbons (Fsp3) is 0.625. The molecule has 1 fully saturated rings. The van der Waals surface area contributed by atoms with E-state index in [1.165, 1.54) is 11.5 Å². The summed E-state index contributed by atoms with van der Waals surface area (Å²) in [5.74, 6) is -0.900. The quantitative estimate of drug-likeness (QED) is 0.802. The van der Waals surface area contributed by atoms with Crippen molar-refractivity contribution in [1.82, 2.24) is 9.59 Å². The topological polar surface area (TPSA) is 72.3 Å². The molecule has 2 rings (SSSR count). The maximum atomic E-state index is 11.1. The van der Waals surface area contributed by atoms with Gasteiger partial charge >= 0.3 is 5.97 Å². The lowest BCUT2D eigenvalue weighted by Crippen LogP contribution is -2.40. The number of carboxylic acid groups (broad SMARTS) is 1. The second-order valence-corrected chi connectivity index (χ2v) is 3.93. The van der Waals surface area contributed by atoms with Crippen LogP contribution in [0.3, 0.4) is 0 Å². The molecule has 1 aliphatic rings. The van der Waals surface area contributed by atoms with Gasteiger partial charge in [-0.25, -0.2) is 4.79 Å². The van der Waals surface area contributed by atoms with Crippen LogP contribution < -0.4 is 0 Å². The van der Waals surface area contributed by atoms with E-state index in [0.29, 0.717) is 25.1 Å². The molecule has 1 aliphatic heterocycles. The normalized spacial score (nSPS) is 26.6. The summed E-state index contributed by atoms with van der Waals surface area (Å²) in [5.41, 5.74) is -0.366. The molecule has 1 saturated heterocycles. The van der Waals surface area contributed by atoms with Crippen LogP contribution in [0.4, 0.5) is 0 Å². The number of carbonyl (C=O) groups is 1. The van der Waals surface area contributed by atoms with Gasteiger partial charge in [-0.05, 0) is 24.4 Å². The fourth-order valence-corrected chi connectivity index (χ4v) is 2.09. The van der Waals surface area contributed by atoms with Crippen LogP contribution in [0.5, 0.6) is 0 Å². The van der Waals surface area contributed by atoms with E-state index in [1.54, 1.807) is 5.38 Å². The molecule has 0 saturated carbocycles. The molecular formula is C8H10N2O3S. The Bertz CT molecular complexity index is 319. The Balaban J connectivity index is 2.16. The highest BCUT2D eigenvalue weighted by molar-refractivity contribution is 7.03. The van der Waals surface area contributed by atoms with Crippen LogP contribution in [-0.4, -0.2) is 32.9 Å². The van der Waals surface area contributed by atoms with Gasteiger partial charge in [0.15, 0.2) is 5.60 Å². The maximum Gasteiger partial charge on any atom is 0.336 e. The predicted molar refractivity (Wildman–Crippen MR) is 49.2 cm³/mol. The highest BCUT2D eigenvalue weighted by atomic mass is 32.1. The van der Waals surface area contributed by atoms with Gasteiger partial charge in [0, 0.05) is 18.4 Å². The molecule has 1 N–H and O–H groups in total. The second-order valence-electron chi connectivity index (χ2n) is 3.32. The first kappa shape index (κ1) is 9.54. The van der Waals surface area contributed by atoms with Crippen molar-refractivity contribution < 1.29 is 14.6 Å². The molecule has 0 aromatic carbocycles. The molecule has 1 aromatic rings. The van der Waals surface area contributed by atoms with Crippen molar-refractivity contribution in [2.24, 2.45) is 0 Å².